The minimum atomic E-state index is 0.905. The molecule has 1 heteroatoms. The lowest BCUT2D eigenvalue weighted by atomic mass is 10.0. The second-order valence-corrected chi connectivity index (χ2v) is 4.41. The van der Waals surface area contributed by atoms with Crippen molar-refractivity contribution in [3.63, 3.8) is 0 Å². The first-order chi connectivity index (χ1) is 8.36. The molecule has 0 fully saturated rings. The standard InChI is InChI=1S/C16H22O/c1-2-3-4-5-7-12-16(14-17)13-15-10-8-6-9-11-15/h6,8-11,13-14H,2-5,7,12H2,1H3/b16-13+. The van der Waals surface area contributed by atoms with Gasteiger partial charge < -0.3 is 0 Å². The SMILES string of the molecule is CCCCCCC/C(C=O)=C\c1ccccc1. The van der Waals surface area contributed by atoms with Gasteiger partial charge in [0, 0.05) is 0 Å². The average molecular weight is 230 g/mol. The molecule has 1 rings (SSSR count). The van der Waals surface area contributed by atoms with Crippen LogP contribution in [0.25, 0.3) is 6.08 Å². The smallest absolute Gasteiger partial charge is 0.146 e. The van der Waals surface area contributed by atoms with Crippen LogP contribution in [0.2, 0.25) is 0 Å². The Kier molecular flexibility index (Phi) is 7.04. The van der Waals surface area contributed by atoms with Gasteiger partial charge >= 0.3 is 0 Å². The number of aldehydes is 1. The Hall–Kier alpha value is -1.37. The van der Waals surface area contributed by atoms with Crippen LogP contribution < -0.4 is 0 Å². The first-order valence-electron chi connectivity index (χ1n) is 6.57. The number of carbonyl (C=O) groups is 1. The summed E-state index contributed by atoms with van der Waals surface area (Å²) >= 11 is 0. The van der Waals surface area contributed by atoms with Crippen LogP contribution in [-0.2, 0) is 4.79 Å². The fraction of sp³-hybridized carbons (Fsp3) is 0.438. The third-order valence-corrected chi connectivity index (χ3v) is 2.87. The summed E-state index contributed by atoms with van der Waals surface area (Å²) < 4.78 is 0. The number of rotatable bonds is 8. The fourth-order valence-electron chi connectivity index (χ4n) is 1.86. The van der Waals surface area contributed by atoms with Gasteiger partial charge in [-0.25, -0.2) is 0 Å². The van der Waals surface area contributed by atoms with Gasteiger partial charge in [0.25, 0.3) is 0 Å². The van der Waals surface area contributed by atoms with E-state index >= 15 is 0 Å². The molecule has 1 nitrogen and oxygen atoms in total. The van der Waals surface area contributed by atoms with Crippen molar-refractivity contribution in [1.82, 2.24) is 0 Å². The molecular weight excluding hydrogens is 208 g/mol. The lowest BCUT2D eigenvalue weighted by molar-refractivity contribution is -0.105. The molecule has 0 unspecified atom stereocenters. The Balaban J connectivity index is 2.38. The van der Waals surface area contributed by atoms with E-state index in [1.165, 1.54) is 25.7 Å². The second kappa shape index (κ2) is 8.74. The van der Waals surface area contributed by atoms with Crippen LogP contribution >= 0.6 is 0 Å². The molecule has 0 N–H and O–H groups in total. The minimum Gasteiger partial charge on any atom is -0.298 e. The molecule has 0 atom stereocenters. The lowest BCUT2D eigenvalue weighted by Gasteiger charge is -2.01. The first-order valence-corrected chi connectivity index (χ1v) is 6.57. The van der Waals surface area contributed by atoms with E-state index in [2.05, 4.69) is 6.92 Å². The van der Waals surface area contributed by atoms with Crippen molar-refractivity contribution in [2.24, 2.45) is 0 Å². The average Bonchev–Trinajstić information content (AvgIpc) is 2.38. The van der Waals surface area contributed by atoms with Crippen molar-refractivity contribution in [3.05, 3.63) is 41.5 Å². The van der Waals surface area contributed by atoms with Gasteiger partial charge in [-0.3, -0.25) is 4.79 Å². The summed E-state index contributed by atoms with van der Waals surface area (Å²) in [4.78, 5) is 11.0. The highest BCUT2D eigenvalue weighted by molar-refractivity contribution is 5.81. The van der Waals surface area contributed by atoms with Crippen LogP contribution in [0, 0.1) is 0 Å². The van der Waals surface area contributed by atoms with Crippen LogP contribution in [0.4, 0.5) is 0 Å². The molecule has 0 aliphatic rings. The number of carbonyl (C=O) groups excluding carboxylic acids is 1. The van der Waals surface area contributed by atoms with Crippen LogP contribution in [0.15, 0.2) is 35.9 Å². The van der Waals surface area contributed by atoms with E-state index in [1.807, 2.05) is 36.4 Å². The van der Waals surface area contributed by atoms with Crippen molar-refractivity contribution in [2.45, 2.75) is 45.4 Å². The van der Waals surface area contributed by atoms with E-state index < -0.39 is 0 Å². The maximum Gasteiger partial charge on any atom is 0.146 e. The molecule has 92 valence electrons. The molecule has 0 bridgehead atoms. The fourth-order valence-corrected chi connectivity index (χ4v) is 1.86. The molecule has 0 amide bonds. The van der Waals surface area contributed by atoms with E-state index in [0.29, 0.717) is 0 Å². The zero-order valence-corrected chi connectivity index (χ0v) is 10.7. The molecule has 0 saturated heterocycles. The Labute approximate surface area is 105 Å². The Morgan fingerprint density at radius 1 is 1.06 bits per heavy atom. The van der Waals surface area contributed by atoms with E-state index in [4.69, 9.17) is 0 Å². The summed E-state index contributed by atoms with van der Waals surface area (Å²) in [7, 11) is 0. The minimum absolute atomic E-state index is 0.905. The monoisotopic (exact) mass is 230 g/mol. The molecule has 17 heavy (non-hydrogen) atoms. The van der Waals surface area contributed by atoms with Gasteiger partial charge in [-0.15, -0.1) is 0 Å². The number of hydrogen-bond donors (Lipinski definition) is 0. The Morgan fingerprint density at radius 3 is 2.41 bits per heavy atom. The number of hydrogen-bond acceptors (Lipinski definition) is 1. The zero-order valence-electron chi connectivity index (χ0n) is 10.7. The molecule has 0 heterocycles. The van der Waals surface area contributed by atoms with E-state index in [-0.39, 0.29) is 0 Å². The largest absolute Gasteiger partial charge is 0.298 e. The Bertz CT molecular complexity index is 338. The van der Waals surface area contributed by atoms with E-state index in [1.54, 1.807) is 0 Å². The molecule has 1 aromatic carbocycles. The highest BCUT2D eigenvalue weighted by atomic mass is 16.1. The van der Waals surface area contributed by atoms with Crippen LogP contribution in [0.5, 0.6) is 0 Å². The lowest BCUT2D eigenvalue weighted by Crippen LogP contribution is -1.87. The summed E-state index contributed by atoms with van der Waals surface area (Å²) in [6.07, 6.45) is 10.1. The molecule has 0 aliphatic carbocycles. The molecule has 1 aromatic rings. The first kappa shape index (κ1) is 13.7. The van der Waals surface area contributed by atoms with Crippen LogP contribution in [-0.4, -0.2) is 6.29 Å². The van der Waals surface area contributed by atoms with Gasteiger partial charge in [0.2, 0.25) is 0 Å². The summed E-state index contributed by atoms with van der Waals surface area (Å²) in [5.41, 5.74) is 2.02. The number of unbranched alkanes of at least 4 members (excludes halogenated alkanes) is 4. The van der Waals surface area contributed by atoms with Gasteiger partial charge in [-0.1, -0.05) is 62.9 Å². The predicted molar refractivity (Wildman–Crippen MR) is 73.9 cm³/mol. The van der Waals surface area contributed by atoms with Gasteiger partial charge in [0.15, 0.2) is 0 Å². The van der Waals surface area contributed by atoms with Crippen molar-refractivity contribution >= 4 is 12.4 Å². The molecule has 0 spiro atoms. The van der Waals surface area contributed by atoms with E-state index in [9.17, 15) is 4.79 Å². The molecule has 0 aromatic heterocycles. The third kappa shape index (κ3) is 6.06. The predicted octanol–water partition coefficient (Wildman–Crippen LogP) is 4.63. The maximum atomic E-state index is 11.0. The van der Waals surface area contributed by atoms with Crippen LogP contribution in [0.3, 0.4) is 0 Å². The summed E-state index contributed by atoms with van der Waals surface area (Å²) in [6.45, 7) is 2.21. The van der Waals surface area contributed by atoms with Gasteiger partial charge in [0.05, 0.1) is 0 Å². The van der Waals surface area contributed by atoms with Crippen molar-refractivity contribution in [1.29, 1.82) is 0 Å². The second-order valence-electron chi connectivity index (χ2n) is 4.41. The van der Waals surface area contributed by atoms with Crippen molar-refractivity contribution in [3.8, 4) is 0 Å². The topological polar surface area (TPSA) is 17.1 Å². The van der Waals surface area contributed by atoms with Crippen molar-refractivity contribution in [2.75, 3.05) is 0 Å². The number of allylic oxidation sites excluding steroid dienone is 1. The number of benzene rings is 1. The molecule has 0 radical (unpaired) electrons. The maximum absolute atomic E-state index is 11.0. The molecule has 0 saturated carbocycles. The summed E-state index contributed by atoms with van der Waals surface area (Å²) in [6, 6.07) is 10.0. The Morgan fingerprint density at radius 2 is 1.76 bits per heavy atom. The molecular formula is C16H22O. The zero-order chi connectivity index (χ0) is 12.3. The van der Waals surface area contributed by atoms with Gasteiger partial charge in [0.1, 0.15) is 6.29 Å². The normalized spacial score (nSPS) is 11.5. The third-order valence-electron chi connectivity index (χ3n) is 2.87. The van der Waals surface area contributed by atoms with Gasteiger partial charge in [-0.2, -0.15) is 0 Å². The quantitative estimate of drug-likeness (QED) is 0.361. The van der Waals surface area contributed by atoms with Crippen molar-refractivity contribution < 1.29 is 4.79 Å². The van der Waals surface area contributed by atoms with E-state index in [0.717, 1.165) is 30.3 Å². The summed E-state index contributed by atoms with van der Waals surface area (Å²) in [5.74, 6) is 0. The highest BCUT2D eigenvalue weighted by Crippen LogP contribution is 2.13. The van der Waals surface area contributed by atoms with Crippen LogP contribution in [0.1, 0.15) is 51.0 Å². The molecule has 0 aliphatic heterocycles. The highest BCUT2D eigenvalue weighted by Gasteiger charge is 1.97. The summed E-state index contributed by atoms with van der Waals surface area (Å²) in [5, 5.41) is 0. The van der Waals surface area contributed by atoms with Gasteiger partial charge in [-0.05, 0) is 30.1 Å².